The van der Waals surface area contributed by atoms with E-state index in [-0.39, 0.29) is 5.56 Å². The molecule has 2 rings (SSSR count). The van der Waals surface area contributed by atoms with Crippen molar-refractivity contribution in [3.8, 4) is 0 Å². The predicted molar refractivity (Wildman–Crippen MR) is 62.0 cm³/mol. The van der Waals surface area contributed by atoms with Gasteiger partial charge in [-0.2, -0.15) is 5.10 Å². The van der Waals surface area contributed by atoms with Crippen molar-refractivity contribution in [2.24, 2.45) is 0 Å². The van der Waals surface area contributed by atoms with E-state index in [0.29, 0.717) is 5.92 Å². The first-order valence-corrected chi connectivity index (χ1v) is 5.93. The Hall–Kier alpha value is -0.680. The van der Waals surface area contributed by atoms with Crippen molar-refractivity contribution in [3.63, 3.8) is 0 Å². The molecule has 0 radical (unpaired) electrons. The average Bonchev–Trinajstić information content (AvgIpc) is 2.50. The molecule has 5 heteroatoms. The molecule has 0 fully saturated rings. The van der Waals surface area contributed by atoms with E-state index in [9.17, 15) is 4.79 Å². The lowest BCUT2D eigenvalue weighted by atomic mass is 10.1. The summed E-state index contributed by atoms with van der Waals surface area (Å²) >= 11 is 4.88. The van der Waals surface area contributed by atoms with Crippen LogP contribution in [0.1, 0.15) is 25.5 Å². The van der Waals surface area contributed by atoms with E-state index in [2.05, 4.69) is 40.0 Å². The van der Waals surface area contributed by atoms with Crippen LogP contribution < -0.4 is 5.56 Å². The highest BCUT2D eigenvalue weighted by Gasteiger charge is 2.13. The molecule has 3 nitrogen and oxygen atoms in total. The Bertz CT molecular complexity index is 529. The van der Waals surface area contributed by atoms with Crippen molar-refractivity contribution in [2.75, 3.05) is 0 Å². The lowest BCUT2D eigenvalue weighted by Gasteiger charge is -2.04. The maximum Gasteiger partial charge on any atom is 0.282 e. The van der Waals surface area contributed by atoms with E-state index in [4.69, 9.17) is 0 Å². The summed E-state index contributed by atoms with van der Waals surface area (Å²) in [5, 5.41) is 9.48. The summed E-state index contributed by atoms with van der Waals surface area (Å²) in [6, 6.07) is 0. The maximum atomic E-state index is 11.4. The molecule has 0 saturated carbocycles. The molecule has 0 atom stereocenters. The smallest absolute Gasteiger partial charge is 0.266 e. The van der Waals surface area contributed by atoms with Gasteiger partial charge in [0.05, 0.1) is 5.69 Å². The quantitative estimate of drug-likeness (QED) is 0.868. The molecule has 74 valence electrons. The van der Waals surface area contributed by atoms with Gasteiger partial charge in [-0.05, 0) is 21.8 Å². The van der Waals surface area contributed by atoms with Crippen molar-refractivity contribution in [3.05, 3.63) is 25.9 Å². The van der Waals surface area contributed by atoms with Crippen LogP contribution in [0.25, 0.3) is 10.1 Å². The van der Waals surface area contributed by atoms with Crippen LogP contribution in [0.3, 0.4) is 0 Å². The van der Waals surface area contributed by atoms with Crippen LogP contribution in [0.5, 0.6) is 0 Å². The molecule has 0 amide bonds. The van der Waals surface area contributed by atoms with E-state index in [0.717, 1.165) is 20.3 Å². The minimum Gasteiger partial charge on any atom is -0.266 e. The highest BCUT2D eigenvalue weighted by atomic mass is 79.9. The van der Waals surface area contributed by atoms with E-state index in [1.165, 1.54) is 11.3 Å². The monoisotopic (exact) mass is 272 g/mol. The second kappa shape index (κ2) is 3.47. The van der Waals surface area contributed by atoms with Crippen LogP contribution >= 0.6 is 27.3 Å². The summed E-state index contributed by atoms with van der Waals surface area (Å²) in [6.07, 6.45) is 0. The normalized spacial score (nSPS) is 11.4. The lowest BCUT2D eigenvalue weighted by Crippen LogP contribution is -2.10. The number of nitrogens with one attached hydrogen (secondary N) is 1. The van der Waals surface area contributed by atoms with Gasteiger partial charge in [-0.15, -0.1) is 11.3 Å². The second-order valence-corrected chi connectivity index (χ2v) is 5.11. The third-order valence-corrected chi connectivity index (χ3v) is 3.94. The third kappa shape index (κ3) is 1.40. The molecule has 0 aromatic carbocycles. The van der Waals surface area contributed by atoms with Crippen LogP contribution in [0, 0.1) is 0 Å². The Morgan fingerprint density at radius 2 is 2.29 bits per heavy atom. The van der Waals surface area contributed by atoms with Crippen LogP contribution in [-0.2, 0) is 0 Å². The van der Waals surface area contributed by atoms with Crippen molar-refractivity contribution in [1.82, 2.24) is 10.2 Å². The molecule has 0 bridgehead atoms. The molecular formula is C9H9BrN2OS. The number of hydrogen-bond acceptors (Lipinski definition) is 3. The van der Waals surface area contributed by atoms with Gasteiger partial charge in [0.25, 0.3) is 5.56 Å². The zero-order valence-electron chi connectivity index (χ0n) is 7.80. The van der Waals surface area contributed by atoms with Gasteiger partial charge in [0.15, 0.2) is 0 Å². The molecule has 2 aromatic rings. The Morgan fingerprint density at radius 3 is 2.93 bits per heavy atom. The van der Waals surface area contributed by atoms with Gasteiger partial charge in [0.2, 0.25) is 0 Å². The average molecular weight is 273 g/mol. The molecule has 0 aliphatic carbocycles. The molecule has 2 heterocycles. The van der Waals surface area contributed by atoms with E-state index < -0.39 is 0 Å². The van der Waals surface area contributed by atoms with Crippen LogP contribution in [0.15, 0.2) is 14.6 Å². The molecule has 0 aliphatic rings. The standard InChI is InChI=1S/C9H9BrN2OS/c1-4(2)7-6-5(10)3-14-8(6)9(13)12-11-7/h3-4H,1-2H3,(H,12,13). The number of nitrogens with zero attached hydrogens (tertiary/aromatic N) is 1. The molecular weight excluding hydrogens is 264 g/mol. The van der Waals surface area contributed by atoms with Gasteiger partial charge in [-0.1, -0.05) is 13.8 Å². The fraction of sp³-hybridized carbons (Fsp3) is 0.333. The van der Waals surface area contributed by atoms with Crippen LogP contribution in [0.4, 0.5) is 0 Å². The van der Waals surface area contributed by atoms with Crippen molar-refractivity contribution in [1.29, 1.82) is 0 Å². The molecule has 1 N–H and O–H groups in total. The van der Waals surface area contributed by atoms with E-state index in [1.54, 1.807) is 0 Å². The Kier molecular flexibility index (Phi) is 2.45. The zero-order valence-corrected chi connectivity index (χ0v) is 10.2. The van der Waals surface area contributed by atoms with E-state index in [1.807, 2.05) is 5.38 Å². The number of H-pyrrole nitrogens is 1. The first kappa shape index (κ1) is 9.86. The number of aromatic amines is 1. The van der Waals surface area contributed by atoms with Crippen molar-refractivity contribution in [2.45, 2.75) is 19.8 Å². The number of fused-ring (bicyclic) bond motifs is 1. The molecule has 0 spiro atoms. The largest absolute Gasteiger partial charge is 0.282 e. The maximum absolute atomic E-state index is 11.4. The topological polar surface area (TPSA) is 45.8 Å². The number of thiophene rings is 1. The Balaban J connectivity index is 2.92. The lowest BCUT2D eigenvalue weighted by molar-refractivity contribution is 0.793. The third-order valence-electron chi connectivity index (χ3n) is 2.03. The van der Waals surface area contributed by atoms with Gasteiger partial charge in [-0.3, -0.25) is 4.79 Å². The Morgan fingerprint density at radius 1 is 1.57 bits per heavy atom. The zero-order chi connectivity index (χ0) is 10.3. The number of rotatable bonds is 1. The highest BCUT2D eigenvalue weighted by Crippen LogP contribution is 2.32. The fourth-order valence-corrected chi connectivity index (χ4v) is 3.02. The van der Waals surface area contributed by atoms with Crippen LogP contribution in [-0.4, -0.2) is 10.2 Å². The van der Waals surface area contributed by atoms with Crippen LogP contribution in [0.2, 0.25) is 0 Å². The van der Waals surface area contributed by atoms with Gasteiger partial charge in [-0.25, -0.2) is 5.10 Å². The summed E-state index contributed by atoms with van der Waals surface area (Å²) in [6.45, 7) is 4.12. The first-order chi connectivity index (χ1) is 6.61. The van der Waals surface area contributed by atoms with Crippen molar-refractivity contribution < 1.29 is 0 Å². The Labute approximate surface area is 93.3 Å². The number of aromatic nitrogens is 2. The van der Waals surface area contributed by atoms with Gasteiger partial charge in [0.1, 0.15) is 4.70 Å². The summed E-state index contributed by atoms with van der Waals surface area (Å²) < 4.78 is 1.70. The highest BCUT2D eigenvalue weighted by molar-refractivity contribution is 9.10. The first-order valence-electron chi connectivity index (χ1n) is 4.26. The van der Waals surface area contributed by atoms with Gasteiger partial charge in [0, 0.05) is 15.2 Å². The summed E-state index contributed by atoms with van der Waals surface area (Å²) in [5.74, 6) is 0.306. The number of hydrogen-bond donors (Lipinski definition) is 1. The SMILES string of the molecule is CC(C)c1n[nH]c(=O)c2scc(Br)c12. The summed E-state index contributed by atoms with van der Waals surface area (Å²) in [4.78, 5) is 11.4. The molecule has 14 heavy (non-hydrogen) atoms. The molecule has 0 saturated heterocycles. The van der Waals surface area contributed by atoms with E-state index >= 15 is 0 Å². The van der Waals surface area contributed by atoms with Gasteiger partial charge >= 0.3 is 0 Å². The molecule has 0 aliphatic heterocycles. The summed E-state index contributed by atoms with van der Waals surface area (Å²) in [7, 11) is 0. The second-order valence-electron chi connectivity index (χ2n) is 3.38. The number of halogens is 1. The summed E-state index contributed by atoms with van der Waals surface area (Å²) in [5.41, 5.74) is 0.827. The predicted octanol–water partition coefficient (Wildman–Crippen LogP) is 2.87. The molecule has 0 unspecified atom stereocenters. The minimum absolute atomic E-state index is 0.111. The minimum atomic E-state index is -0.111. The van der Waals surface area contributed by atoms with Gasteiger partial charge < -0.3 is 0 Å². The molecule has 2 aromatic heterocycles. The fourth-order valence-electron chi connectivity index (χ4n) is 1.38. The van der Waals surface area contributed by atoms with Crippen molar-refractivity contribution >= 4 is 37.4 Å².